The fourth-order valence-corrected chi connectivity index (χ4v) is 2.23. The molecule has 0 saturated carbocycles. The van der Waals surface area contributed by atoms with Crippen LogP contribution >= 0.6 is 0 Å². The third-order valence-electron chi connectivity index (χ3n) is 1.56. The Morgan fingerprint density at radius 3 is 2.33 bits per heavy atom. The molecule has 1 N–H and O–H groups in total. The zero-order chi connectivity index (χ0) is 9.78. The zero-order valence-electron chi connectivity index (χ0n) is 7.28. The van der Waals surface area contributed by atoms with E-state index >= 15 is 0 Å². The molecule has 0 saturated heterocycles. The van der Waals surface area contributed by atoms with Gasteiger partial charge < -0.3 is 5.11 Å². The standard InChI is InChI=1S/C7H14O4S/c1-3-4-12(10,11)6(2)5-7(8)9/h6H,3-5H2,1-2H3,(H,8,9). The second-order valence-corrected chi connectivity index (χ2v) is 5.31. The number of sulfone groups is 1. The normalized spacial score (nSPS) is 14.2. The van der Waals surface area contributed by atoms with Crippen LogP contribution in [0.1, 0.15) is 26.7 Å². The lowest BCUT2D eigenvalue weighted by Gasteiger charge is -2.08. The maximum absolute atomic E-state index is 11.2. The Hall–Kier alpha value is -0.580. The number of rotatable bonds is 5. The van der Waals surface area contributed by atoms with E-state index in [-0.39, 0.29) is 12.2 Å². The van der Waals surface area contributed by atoms with Gasteiger partial charge in [-0.1, -0.05) is 6.92 Å². The molecule has 1 atom stereocenters. The number of carboxylic acid groups (broad SMARTS) is 1. The minimum atomic E-state index is -3.19. The summed E-state index contributed by atoms with van der Waals surface area (Å²) in [7, 11) is -3.19. The maximum Gasteiger partial charge on any atom is 0.304 e. The molecule has 0 radical (unpaired) electrons. The lowest BCUT2D eigenvalue weighted by atomic mass is 10.3. The molecule has 1 unspecified atom stereocenters. The van der Waals surface area contributed by atoms with Crippen LogP contribution in [0.5, 0.6) is 0 Å². The molecule has 72 valence electrons. The lowest BCUT2D eigenvalue weighted by Crippen LogP contribution is -2.23. The van der Waals surface area contributed by atoms with Gasteiger partial charge in [0.05, 0.1) is 17.4 Å². The van der Waals surface area contributed by atoms with Crippen LogP contribution in [0.4, 0.5) is 0 Å². The summed E-state index contributed by atoms with van der Waals surface area (Å²) in [5, 5.41) is 7.58. The van der Waals surface area contributed by atoms with Crippen molar-refractivity contribution in [3.8, 4) is 0 Å². The van der Waals surface area contributed by atoms with E-state index in [0.29, 0.717) is 6.42 Å². The summed E-state index contributed by atoms with van der Waals surface area (Å²) in [6.07, 6.45) is 0.231. The number of carbonyl (C=O) groups is 1. The molecule has 0 bridgehead atoms. The van der Waals surface area contributed by atoms with Crippen LogP contribution in [0.15, 0.2) is 0 Å². The van der Waals surface area contributed by atoms with E-state index in [0.717, 1.165) is 0 Å². The Kier molecular flexibility index (Phi) is 4.23. The predicted octanol–water partition coefficient (Wildman–Crippen LogP) is 0.674. The van der Waals surface area contributed by atoms with Gasteiger partial charge in [0.25, 0.3) is 0 Å². The van der Waals surface area contributed by atoms with Crippen molar-refractivity contribution in [2.24, 2.45) is 0 Å². The van der Waals surface area contributed by atoms with Gasteiger partial charge in [-0.15, -0.1) is 0 Å². The van der Waals surface area contributed by atoms with E-state index in [1.165, 1.54) is 6.92 Å². The Morgan fingerprint density at radius 1 is 1.50 bits per heavy atom. The van der Waals surface area contributed by atoms with E-state index in [4.69, 9.17) is 5.11 Å². The first-order chi connectivity index (χ1) is 5.40. The zero-order valence-corrected chi connectivity index (χ0v) is 8.10. The van der Waals surface area contributed by atoms with Crippen molar-refractivity contribution in [3.05, 3.63) is 0 Å². The van der Waals surface area contributed by atoms with Crippen LogP contribution in [0, 0.1) is 0 Å². The fourth-order valence-electron chi connectivity index (χ4n) is 0.859. The molecular weight excluding hydrogens is 180 g/mol. The van der Waals surface area contributed by atoms with Gasteiger partial charge >= 0.3 is 5.97 Å². The molecule has 0 rings (SSSR count). The fraction of sp³-hybridized carbons (Fsp3) is 0.857. The van der Waals surface area contributed by atoms with Crippen molar-refractivity contribution in [2.75, 3.05) is 5.75 Å². The number of hydrogen-bond acceptors (Lipinski definition) is 3. The van der Waals surface area contributed by atoms with Gasteiger partial charge in [0, 0.05) is 0 Å². The molecule has 0 aliphatic heterocycles. The van der Waals surface area contributed by atoms with E-state index in [1.807, 2.05) is 0 Å². The molecule has 0 aromatic carbocycles. The van der Waals surface area contributed by atoms with Crippen molar-refractivity contribution in [1.82, 2.24) is 0 Å². The summed E-state index contributed by atoms with van der Waals surface area (Å²) in [5.74, 6) is -0.997. The monoisotopic (exact) mass is 194 g/mol. The van der Waals surface area contributed by atoms with Crippen LogP contribution in [-0.2, 0) is 14.6 Å². The highest BCUT2D eigenvalue weighted by atomic mass is 32.2. The quantitative estimate of drug-likeness (QED) is 0.698. The van der Waals surface area contributed by atoms with Crippen LogP contribution in [-0.4, -0.2) is 30.5 Å². The lowest BCUT2D eigenvalue weighted by molar-refractivity contribution is -0.136. The molecular formula is C7H14O4S. The molecule has 0 aliphatic rings. The Bertz CT molecular complexity index is 242. The molecule has 4 nitrogen and oxygen atoms in total. The van der Waals surface area contributed by atoms with Gasteiger partial charge in [-0.3, -0.25) is 4.79 Å². The summed E-state index contributed by atoms with van der Waals surface area (Å²) in [6.45, 7) is 3.18. The second kappa shape index (κ2) is 4.45. The predicted molar refractivity (Wildman–Crippen MR) is 45.8 cm³/mol. The first-order valence-corrected chi connectivity index (χ1v) is 5.55. The average Bonchev–Trinajstić information content (AvgIpc) is 1.85. The van der Waals surface area contributed by atoms with Crippen LogP contribution in [0.3, 0.4) is 0 Å². The minimum absolute atomic E-state index is 0.0709. The van der Waals surface area contributed by atoms with Gasteiger partial charge in [-0.05, 0) is 13.3 Å². The molecule has 5 heteroatoms. The van der Waals surface area contributed by atoms with E-state index in [9.17, 15) is 13.2 Å². The van der Waals surface area contributed by atoms with Gasteiger partial charge in [0.2, 0.25) is 0 Å². The number of carboxylic acids is 1. The van der Waals surface area contributed by atoms with E-state index in [1.54, 1.807) is 6.92 Å². The van der Waals surface area contributed by atoms with Gasteiger partial charge in [0.1, 0.15) is 0 Å². The Morgan fingerprint density at radius 2 is 2.00 bits per heavy atom. The molecule has 0 spiro atoms. The summed E-state index contributed by atoms with van der Waals surface area (Å²) in [5.41, 5.74) is 0. The first kappa shape index (κ1) is 11.4. The van der Waals surface area contributed by atoms with Crippen LogP contribution < -0.4 is 0 Å². The number of aliphatic carboxylic acids is 1. The largest absolute Gasteiger partial charge is 0.481 e. The highest BCUT2D eigenvalue weighted by molar-refractivity contribution is 7.92. The summed E-state index contributed by atoms with van der Waals surface area (Å²) >= 11 is 0. The third kappa shape index (κ3) is 3.71. The molecule has 0 amide bonds. The highest BCUT2D eigenvalue weighted by Crippen LogP contribution is 2.07. The summed E-state index contributed by atoms with van der Waals surface area (Å²) in [4.78, 5) is 10.2. The Labute approximate surface area is 72.5 Å². The van der Waals surface area contributed by atoms with E-state index in [2.05, 4.69) is 0 Å². The molecule has 0 fully saturated rings. The van der Waals surface area contributed by atoms with Crippen molar-refractivity contribution in [2.45, 2.75) is 31.9 Å². The first-order valence-electron chi connectivity index (χ1n) is 3.83. The van der Waals surface area contributed by atoms with Gasteiger partial charge in [-0.2, -0.15) is 0 Å². The third-order valence-corrected chi connectivity index (χ3v) is 3.93. The number of hydrogen-bond donors (Lipinski definition) is 1. The summed E-state index contributed by atoms with van der Waals surface area (Å²) < 4.78 is 22.4. The second-order valence-electron chi connectivity index (χ2n) is 2.78. The highest BCUT2D eigenvalue weighted by Gasteiger charge is 2.21. The van der Waals surface area contributed by atoms with Crippen molar-refractivity contribution in [1.29, 1.82) is 0 Å². The maximum atomic E-state index is 11.2. The minimum Gasteiger partial charge on any atom is -0.481 e. The molecule has 0 heterocycles. The van der Waals surface area contributed by atoms with Crippen LogP contribution in [0.2, 0.25) is 0 Å². The van der Waals surface area contributed by atoms with Crippen molar-refractivity contribution in [3.63, 3.8) is 0 Å². The van der Waals surface area contributed by atoms with Gasteiger partial charge in [-0.25, -0.2) is 8.42 Å². The molecule has 12 heavy (non-hydrogen) atoms. The van der Waals surface area contributed by atoms with Crippen LogP contribution in [0.25, 0.3) is 0 Å². The topological polar surface area (TPSA) is 71.4 Å². The summed E-state index contributed by atoms with van der Waals surface area (Å²) in [6, 6.07) is 0. The van der Waals surface area contributed by atoms with Gasteiger partial charge in [0.15, 0.2) is 9.84 Å². The van der Waals surface area contributed by atoms with Crippen molar-refractivity contribution >= 4 is 15.8 Å². The molecule has 0 aromatic heterocycles. The average molecular weight is 194 g/mol. The molecule has 0 aliphatic carbocycles. The SMILES string of the molecule is CCCS(=O)(=O)C(C)CC(=O)O. The van der Waals surface area contributed by atoms with E-state index < -0.39 is 21.1 Å². The Balaban J connectivity index is 4.26. The smallest absolute Gasteiger partial charge is 0.304 e. The molecule has 0 aromatic rings. The van der Waals surface area contributed by atoms with Crippen molar-refractivity contribution < 1.29 is 18.3 Å².